The Balaban J connectivity index is 4.41. The molecule has 0 heterocycles. The van der Waals surface area contributed by atoms with Gasteiger partial charge in [0.05, 0.1) is 0 Å². The number of carbonyl (C=O) groups excluding carboxylic acids is 1. The number of nitrogens with one attached hydrogen (secondary N) is 2. The highest BCUT2D eigenvalue weighted by atomic mass is 19.4. The van der Waals surface area contributed by atoms with Gasteiger partial charge in [0.25, 0.3) is 0 Å². The van der Waals surface area contributed by atoms with Crippen molar-refractivity contribution in [2.45, 2.75) is 6.18 Å². The van der Waals surface area contributed by atoms with Crippen LogP contribution in [0.15, 0.2) is 4.99 Å². The van der Waals surface area contributed by atoms with Gasteiger partial charge >= 0.3 is 12.1 Å². The number of alkyl halides is 3. The van der Waals surface area contributed by atoms with Gasteiger partial charge in [0.2, 0.25) is 5.96 Å². The summed E-state index contributed by atoms with van der Waals surface area (Å²) in [7, 11) is 2.97. The third kappa shape index (κ3) is 4.84. The van der Waals surface area contributed by atoms with E-state index in [9.17, 15) is 18.0 Å². The second-order valence-corrected chi connectivity index (χ2v) is 2.66. The van der Waals surface area contributed by atoms with Crippen molar-refractivity contribution in [2.24, 2.45) is 10.7 Å². The third-order valence-corrected chi connectivity index (χ3v) is 1.17. The molecule has 1 amide bonds. The first-order chi connectivity index (χ1) is 6.64. The molecule has 0 saturated heterocycles. The van der Waals surface area contributed by atoms with Gasteiger partial charge in [-0.3, -0.25) is 15.5 Å². The first-order valence-electron chi connectivity index (χ1n) is 3.62. The van der Waals surface area contributed by atoms with Gasteiger partial charge < -0.3 is 10.6 Å². The predicted molar refractivity (Wildman–Crippen MR) is 47.2 cm³/mol. The SMILES string of the molecule is CN(C)C(N)=NC(=N)NC(=O)C(F)(F)F. The summed E-state index contributed by atoms with van der Waals surface area (Å²) in [6.07, 6.45) is -5.05. The zero-order valence-corrected chi connectivity index (χ0v) is 8.01. The summed E-state index contributed by atoms with van der Waals surface area (Å²) >= 11 is 0. The lowest BCUT2D eigenvalue weighted by Gasteiger charge is -2.11. The van der Waals surface area contributed by atoms with E-state index in [-0.39, 0.29) is 5.96 Å². The molecule has 0 fully saturated rings. The Kier molecular flexibility index (Phi) is 4.07. The molecule has 0 bridgehead atoms. The minimum Gasteiger partial charge on any atom is -0.369 e. The van der Waals surface area contributed by atoms with Gasteiger partial charge in [-0.2, -0.15) is 18.2 Å². The van der Waals surface area contributed by atoms with Crippen LogP contribution in [-0.4, -0.2) is 43.0 Å². The van der Waals surface area contributed by atoms with Crippen LogP contribution >= 0.6 is 0 Å². The molecule has 0 saturated carbocycles. The van der Waals surface area contributed by atoms with Crippen LogP contribution < -0.4 is 11.1 Å². The summed E-state index contributed by atoms with van der Waals surface area (Å²) in [5.74, 6) is -3.42. The predicted octanol–water partition coefficient (Wildman–Crippen LogP) is -0.524. The van der Waals surface area contributed by atoms with Gasteiger partial charge in [-0.1, -0.05) is 0 Å². The first-order valence-corrected chi connectivity index (χ1v) is 3.62. The second-order valence-electron chi connectivity index (χ2n) is 2.66. The summed E-state index contributed by atoms with van der Waals surface area (Å²) in [6, 6.07) is 0. The molecule has 0 aromatic rings. The molecule has 0 rings (SSSR count). The molecule has 4 N–H and O–H groups in total. The Morgan fingerprint density at radius 3 is 2.27 bits per heavy atom. The second kappa shape index (κ2) is 4.62. The smallest absolute Gasteiger partial charge is 0.369 e. The Bertz CT molecular complexity index is 296. The minimum atomic E-state index is -5.05. The molecular weight excluding hydrogens is 215 g/mol. The molecule has 6 nitrogen and oxygen atoms in total. The van der Waals surface area contributed by atoms with Gasteiger partial charge in [-0.25, -0.2) is 0 Å². The third-order valence-electron chi connectivity index (χ3n) is 1.17. The summed E-state index contributed by atoms with van der Waals surface area (Å²) < 4.78 is 35.1. The number of guanidine groups is 2. The van der Waals surface area contributed by atoms with Crippen molar-refractivity contribution in [3.8, 4) is 0 Å². The molecule has 0 atom stereocenters. The highest BCUT2D eigenvalue weighted by molar-refractivity contribution is 6.02. The molecule has 0 aromatic heterocycles. The maximum Gasteiger partial charge on any atom is 0.471 e. The fourth-order valence-corrected chi connectivity index (χ4v) is 0.421. The van der Waals surface area contributed by atoms with E-state index in [1.165, 1.54) is 24.3 Å². The average molecular weight is 225 g/mol. The topological polar surface area (TPSA) is 94.6 Å². The van der Waals surface area contributed by atoms with Crippen LogP contribution in [-0.2, 0) is 4.79 Å². The Morgan fingerprint density at radius 2 is 1.93 bits per heavy atom. The van der Waals surface area contributed by atoms with E-state index < -0.39 is 18.0 Å². The van der Waals surface area contributed by atoms with Crippen molar-refractivity contribution in [3.63, 3.8) is 0 Å². The highest BCUT2D eigenvalue weighted by Gasteiger charge is 2.39. The quantitative estimate of drug-likeness (QED) is 0.382. The number of nitrogens with zero attached hydrogens (tertiary/aromatic N) is 2. The fourth-order valence-electron chi connectivity index (χ4n) is 0.421. The first kappa shape index (κ1) is 13.2. The molecule has 0 aliphatic heterocycles. The van der Waals surface area contributed by atoms with Crippen LogP contribution in [0, 0.1) is 5.41 Å². The number of hydrogen-bond acceptors (Lipinski definition) is 2. The van der Waals surface area contributed by atoms with E-state index in [1.807, 2.05) is 0 Å². The van der Waals surface area contributed by atoms with Gasteiger partial charge in [0.1, 0.15) is 0 Å². The molecule has 0 aliphatic carbocycles. The lowest BCUT2D eigenvalue weighted by Crippen LogP contribution is -2.41. The van der Waals surface area contributed by atoms with Crippen molar-refractivity contribution < 1.29 is 18.0 Å². The highest BCUT2D eigenvalue weighted by Crippen LogP contribution is 2.13. The number of halogens is 3. The van der Waals surface area contributed by atoms with E-state index in [0.717, 1.165) is 0 Å². The normalized spacial score (nSPS) is 12.2. The molecule has 9 heteroatoms. The number of rotatable bonds is 0. The maximum atomic E-state index is 11.7. The van der Waals surface area contributed by atoms with Crippen LogP contribution in [0.25, 0.3) is 0 Å². The van der Waals surface area contributed by atoms with Crippen molar-refractivity contribution in [2.75, 3.05) is 14.1 Å². The van der Waals surface area contributed by atoms with E-state index in [4.69, 9.17) is 11.1 Å². The van der Waals surface area contributed by atoms with Crippen LogP contribution in [0.1, 0.15) is 0 Å². The van der Waals surface area contributed by atoms with Crippen molar-refractivity contribution >= 4 is 17.8 Å². The van der Waals surface area contributed by atoms with Crippen LogP contribution in [0.3, 0.4) is 0 Å². The van der Waals surface area contributed by atoms with Crippen molar-refractivity contribution in [3.05, 3.63) is 0 Å². The number of nitrogens with two attached hydrogens (primary N) is 1. The zero-order chi connectivity index (χ0) is 12.2. The Hall–Kier alpha value is -1.80. The lowest BCUT2D eigenvalue weighted by atomic mass is 10.6. The number of aliphatic imine (C=N–C) groups is 1. The maximum absolute atomic E-state index is 11.7. The molecule has 0 aliphatic rings. The monoisotopic (exact) mass is 225 g/mol. The summed E-state index contributed by atoms with van der Waals surface area (Å²) in [6.45, 7) is 0. The van der Waals surface area contributed by atoms with Crippen molar-refractivity contribution in [1.29, 1.82) is 5.41 Å². The van der Waals surface area contributed by atoms with Gasteiger partial charge in [0, 0.05) is 14.1 Å². The van der Waals surface area contributed by atoms with Crippen molar-refractivity contribution in [1.82, 2.24) is 10.2 Å². The Labute approximate surface area is 83.5 Å². The fraction of sp³-hybridized carbons (Fsp3) is 0.500. The van der Waals surface area contributed by atoms with Crippen LogP contribution in [0.4, 0.5) is 13.2 Å². The largest absolute Gasteiger partial charge is 0.471 e. The van der Waals surface area contributed by atoms with Gasteiger partial charge in [0.15, 0.2) is 5.96 Å². The van der Waals surface area contributed by atoms with E-state index in [1.54, 1.807) is 0 Å². The molecular formula is C6H10F3N5O. The van der Waals surface area contributed by atoms with E-state index >= 15 is 0 Å². The molecule has 0 radical (unpaired) electrons. The summed E-state index contributed by atoms with van der Waals surface area (Å²) in [5, 5.41) is 8.13. The Morgan fingerprint density at radius 1 is 1.47 bits per heavy atom. The van der Waals surface area contributed by atoms with Gasteiger partial charge in [-0.05, 0) is 0 Å². The lowest BCUT2D eigenvalue weighted by molar-refractivity contribution is -0.171. The molecule has 15 heavy (non-hydrogen) atoms. The standard InChI is InChI=1S/C6H10F3N5O/c1-14(2)5(11)13-4(10)12-3(15)6(7,8)9/h1-2H3,(H4,10,11,12,13,15). The molecule has 0 unspecified atom stereocenters. The van der Waals surface area contributed by atoms with Gasteiger partial charge in [-0.15, -0.1) is 0 Å². The summed E-state index contributed by atoms with van der Waals surface area (Å²) in [4.78, 5) is 14.8. The average Bonchev–Trinajstić information content (AvgIpc) is 2.01. The number of carbonyl (C=O) groups is 1. The minimum absolute atomic E-state index is 0.192. The van der Waals surface area contributed by atoms with E-state index in [2.05, 4.69) is 4.99 Å². The molecule has 0 spiro atoms. The molecule has 86 valence electrons. The van der Waals surface area contributed by atoms with Crippen LogP contribution in [0.2, 0.25) is 0 Å². The zero-order valence-electron chi connectivity index (χ0n) is 8.01. The number of hydrogen-bond donors (Lipinski definition) is 3. The molecule has 0 aromatic carbocycles. The number of amides is 1. The van der Waals surface area contributed by atoms with Crippen LogP contribution in [0.5, 0.6) is 0 Å². The van der Waals surface area contributed by atoms with E-state index in [0.29, 0.717) is 0 Å². The summed E-state index contributed by atoms with van der Waals surface area (Å²) in [5.41, 5.74) is 5.20.